The van der Waals surface area contributed by atoms with Gasteiger partial charge in [-0.2, -0.15) is 0 Å². The van der Waals surface area contributed by atoms with Crippen molar-refractivity contribution in [3.63, 3.8) is 0 Å². The normalized spacial score (nSPS) is 23.6. The molecule has 0 atom stereocenters. The molecule has 0 saturated heterocycles. The second kappa shape index (κ2) is 6.51. The number of rotatable bonds is 4. The molecule has 2 rings (SSSR count). The molecule has 0 N–H and O–H groups in total. The van der Waals surface area contributed by atoms with Gasteiger partial charge in [-0.15, -0.1) is 0 Å². The van der Waals surface area contributed by atoms with E-state index in [1.54, 1.807) is 12.4 Å². The summed E-state index contributed by atoms with van der Waals surface area (Å²) in [5.41, 5.74) is 0.910. The SMILES string of the molecule is CC(C)C1CCC(C(=O)Cc2ccncc2Cl)CC1. The van der Waals surface area contributed by atoms with E-state index in [0.29, 0.717) is 17.2 Å². The Hall–Kier alpha value is -0.890. The number of hydrogen-bond acceptors (Lipinski definition) is 2. The van der Waals surface area contributed by atoms with Crippen LogP contribution in [0.5, 0.6) is 0 Å². The van der Waals surface area contributed by atoms with Crippen molar-refractivity contribution in [2.45, 2.75) is 46.0 Å². The van der Waals surface area contributed by atoms with Gasteiger partial charge in [0, 0.05) is 24.7 Å². The van der Waals surface area contributed by atoms with Gasteiger partial charge in [-0.25, -0.2) is 0 Å². The first-order chi connectivity index (χ1) is 9.08. The molecule has 0 aromatic carbocycles. The molecule has 1 fully saturated rings. The first-order valence-electron chi connectivity index (χ1n) is 7.19. The fourth-order valence-electron chi connectivity index (χ4n) is 2.99. The van der Waals surface area contributed by atoms with Crippen molar-refractivity contribution < 1.29 is 4.79 Å². The van der Waals surface area contributed by atoms with Gasteiger partial charge in [-0.3, -0.25) is 9.78 Å². The average molecular weight is 280 g/mol. The van der Waals surface area contributed by atoms with Gasteiger partial charge in [-0.05, 0) is 49.1 Å². The monoisotopic (exact) mass is 279 g/mol. The smallest absolute Gasteiger partial charge is 0.140 e. The van der Waals surface area contributed by atoms with Gasteiger partial charge in [0.2, 0.25) is 0 Å². The van der Waals surface area contributed by atoms with Gasteiger partial charge >= 0.3 is 0 Å². The number of nitrogens with zero attached hydrogens (tertiary/aromatic N) is 1. The van der Waals surface area contributed by atoms with Crippen LogP contribution in [-0.4, -0.2) is 10.8 Å². The topological polar surface area (TPSA) is 30.0 Å². The van der Waals surface area contributed by atoms with E-state index < -0.39 is 0 Å². The van der Waals surface area contributed by atoms with Crippen LogP contribution in [0.25, 0.3) is 0 Å². The highest BCUT2D eigenvalue weighted by Gasteiger charge is 2.27. The van der Waals surface area contributed by atoms with Crippen molar-refractivity contribution >= 4 is 17.4 Å². The maximum Gasteiger partial charge on any atom is 0.140 e. The number of ketones is 1. The average Bonchev–Trinajstić information content (AvgIpc) is 2.41. The fraction of sp³-hybridized carbons (Fsp3) is 0.625. The number of pyridine rings is 1. The summed E-state index contributed by atoms with van der Waals surface area (Å²) >= 11 is 6.06. The number of aromatic nitrogens is 1. The van der Waals surface area contributed by atoms with Crippen molar-refractivity contribution in [1.29, 1.82) is 0 Å². The van der Waals surface area contributed by atoms with Gasteiger partial charge in [0.1, 0.15) is 5.78 Å². The molecule has 1 heterocycles. The molecule has 1 aliphatic rings. The quantitative estimate of drug-likeness (QED) is 0.822. The third-order valence-corrected chi connectivity index (χ3v) is 4.73. The lowest BCUT2D eigenvalue weighted by atomic mass is 9.75. The van der Waals surface area contributed by atoms with Crippen LogP contribution >= 0.6 is 11.6 Å². The lowest BCUT2D eigenvalue weighted by Gasteiger charge is -2.30. The molecule has 3 heteroatoms. The predicted molar refractivity (Wildman–Crippen MR) is 78.2 cm³/mol. The third kappa shape index (κ3) is 3.79. The molecule has 1 aromatic heterocycles. The fourth-order valence-corrected chi connectivity index (χ4v) is 3.17. The van der Waals surface area contributed by atoms with Crippen molar-refractivity contribution in [3.8, 4) is 0 Å². The van der Waals surface area contributed by atoms with Crippen molar-refractivity contribution in [2.75, 3.05) is 0 Å². The molecule has 0 radical (unpaired) electrons. The summed E-state index contributed by atoms with van der Waals surface area (Å²) < 4.78 is 0. The van der Waals surface area contributed by atoms with E-state index in [-0.39, 0.29) is 5.92 Å². The minimum Gasteiger partial charge on any atom is -0.299 e. The first kappa shape index (κ1) is 14.5. The van der Waals surface area contributed by atoms with Crippen molar-refractivity contribution in [1.82, 2.24) is 4.98 Å². The number of carbonyl (C=O) groups excluding carboxylic acids is 1. The Kier molecular flexibility index (Phi) is 4.98. The zero-order chi connectivity index (χ0) is 13.8. The summed E-state index contributed by atoms with van der Waals surface area (Å²) in [5.74, 6) is 2.12. The van der Waals surface area contributed by atoms with Crippen LogP contribution in [0.15, 0.2) is 18.5 Å². The Morgan fingerprint density at radius 3 is 2.63 bits per heavy atom. The molecular formula is C16H22ClNO. The van der Waals surface area contributed by atoms with Crippen molar-refractivity contribution in [2.24, 2.45) is 17.8 Å². The van der Waals surface area contributed by atoms with E-state index in [1.165, 1.54) is 12.8 Å². The Morgan fingerprint density at radius 2 is 2.05 bits per heavy atom. The Bertz CT molecular complexity index is 436. The second-order valence-corrected chi connectivity index (χ2v) is 6.37. The highest BCUT2D eigenvalue weighted by molar-refractivity contribution is 6.31. The van der Waals surface area contributed by atoms with E-state index in [2.05, 4.69) is 18.8 Å². The molecule has 1 aliphatic carbocycles. The molecule has 0 amide bonds. The molecule has 1 aromatic rings. The van der Waals surface area contributed by atoms with E-state index in [1.807, 2.05) is 6.07 Å². The number of carbonyl (C=O) groups is 1. The number of Topliss-reactive ketones (excluding diaryl/α,β-unsaturated/α-hetero) is 1. The minimum absolute atomic E-state index is 0.235. The lowest BCUT2D eigenvalue weighted by Crippen LogP contribution is -2.25. The molecule has 0 spiro atoms. The summed E-state index contributed by atoms with van der Waals surface area (Å²) in [6.07, 6.45) is 8.24. The summed E-state index contributed by atoms with van der Waals surface area (Å²) in [6, 6.07) is 1.85. The maximum absolute atomic E-state index is 12.3. The van der Waals surface area contributed by atoms with Gasteiger partial charge in [-0.1, -0.05) is 25.4 Å². The van der Waals surface area contributed by atoms with E-state index in [9.17, 15) is 4.79 Å². The molecule has 0 aliphatic heterocycles. The molecule has 19 heavy (non-hydrogen) atoms. The van der Waals surface area contributed by atoms with Gasteiger partial charge in [0.15, 0.2) is 0 Å². The summed E-state index contributed by atoms with van der Waals surface area (Å²) in [6.45, 7) is 4.56. The standard InChI is InChI=1S/C16H22ClNO/c1-11(2)12-3-5-13(6-4-12)16(19)9-14-7-8-18-10-15(14)17/h7-8,10-13H,3-6,9H2,1-2H3. The molecular weight excluding hydrogens is 258 g/mol. The van der Waals surface area contributed by atoms with Crippen LogP contribution < -0.4 is 0 Å². The third-order valence-electron chi connectivity index (χ3n) is 4.39. The molecule has 0 unspecified atom stereocenters. The first-order valence-corrected chi connectivity index (χ1v) is 7.56. The Balaban J connectivity index is 1.90. The zero-order valence-electron chi connectivity index (χ0n) is 11.7. The van der Waals surface area contributed by atoms with Gasteiger partial charge < -0.3 is 0 Å². The van der Waals surface area contributed by atoms with E-state index in [4.69, 9.17) is 11.6 Å². The maximum atomic E-state index is 12.3. The Morgan fingerprint density at radius 1 is 1.37 bits per heavy atom. The summed E-state index contributed by atoms with van der Waals surface area (Å²) in [5, 5.41) is 0.603. The Labute approximate surface area is 120 Å². The van der Waals surface area contributed by atoms with E-state index >= 15 is 0 Å². The van der Waals surface area contributed by atoms with Crippen LogP contribution in [0, 0.1) is 17.8 Å². The minimum atomic E-state index is 0.235. The van der Waals surface area contributed by atoms with Crippen LogP contribution in [0.3, 0.4) is 0 Å². The number of hydrogen-bond donors (Lipinski definition) is 0. The van der Waals surface area contributed by atoms with Crippen LogP contribution in [0.2, 0.25) is 5.02 Å². The molecule has 1 saturated carbocycles. The highest BCUT2D eigenvalue weighted by Crippen LogP contribution is 2.34. The van der Waals surface area contributed by atoms with Crippen molar-refractivity contribution in [3.05, 3.63) is 29.0 Å². The van der Waals surface area contributed by atoms with Gasteiger partial charge in [0.05, 0.1) is 5.02 Å². The highest BCUT2D eigenvalue weighted by atomic mass is 35.5. The van der Waals surface area contributed by atoms with Crippen LogP contribution in [0.1, 0.15) is 45.1 Å². The lowest BCUT2D eigenvalue weighted by molar-refractivity contribution is -0.123. The van der Waals surface area contributed by atoms with E-state index in [0.717, 1.165) is 30.2 Å². The van der Waals surface area contributed by atoms with Gasteiger partial charge in [0.25, 0.3) is 0 Å². The zero-order valence-corrected chi connectivity index (χ0v) is 12.5. The molecule has 0 bridgehead atoms. The summed E-state index contributed by atoms with van der Waals surface area (Å²) in [4.78, 5) is 16.3. The molecule has 2 nitrogen and oxygen atoms in total. The van der Waals surface area contributed by atoms with Crippen LogP contribution in [-0.2, 0) is 11.2 Å². The largest absolute Gasteiger partial charge is 0.299 e. The molecule has 104 valence electrons. The number of halogens is 1. The second-order valence-electron chi connectivity index (χ2n) is 5.97. The van der Waals surface area contributed by atoms with Crippen LogP contribution in [0.4, 0.5) is 0 Å². The predicted octanol–water partition coefficient (Wildman–Crippen LogP) is 4.31. The summed E-state index contributed by atoms with van der Waals surface area (Å²) in [7, 11) is 0.